The average molecular weight is 311 g/mol. The fourth-order valence-corrected chi connectivity index (χ4v) is 3.31. The number of carbonyl (C=O) groups excluding carboxylic acids is 1. The number of amides is 1. The number of hydrogen-bond acceptors (Lipinski definition) is 5. The molecule has 3 N–H and O–H groups in total. The summed E-state index contributed by atoms with van der Waals surface area (Å²) in [6, 6.07) is 3.93. The van der Waals surface area contributed by atoms with E-state index in [1.54, 1.807) is 0 Å². The normalized spacial score (nSPS) is 19.0. The molecule has 1 amide bonds. The van der Waals surface area contributed by atoms with E-state index < -0.39 is 15.8 Å². The minimum absolute atomic E-state index is 0.00192. The maximum Gasteiger partial charge on any atom is 0.417 e. The number of nitrogens with one attached hydrogen (secondary N) is 3. The zero-order chi connectivity index (χ0) is 15.0. The number of fused-ring (bicyclic) bond motifs is 1. The van der Waals surface area contributed by atoms with E-state index in [1.165, 1.54) is 18.2 Å². The van der Waals surface area contributed by atoms with Gasteiger partial charge in [0, 0.05) is 25.1 Å². The molecule has 0 radical (unpaired) electrons. The van der Waals surface area contributed by atoms with Crippen molar-refractivity contribution in [3.8, 4) is 0 Å². The number of rotatable bonds is 4. The molecule has 0 spiro atoms. The number of H-pyrrole nitrogens is 1. The predicted molar refractivity (Wildman–Crippen MR) is 73.2 cm³/mol. The van der Waals surface area contributed by atoms with Crippen LogP contribution in [-0.2, 0) is 14.8 Å². The molecule has 0 saturated carbocycles. The number of oxazole rings is 1. The van der Waals surface area contributed by atoms with Crippen molar-refractivity contribution in [1.82, 2.24) is 15.0 Å². The molecular formula is C12H13N3O5S. The van der Waals surface area contributed by atoms with Crippen molar-refractivity contribution in [3.63, 3.8) is 0 Å². The van der Waals surface area contributed by atoms with Crippen LogP contribution in [-0.4, -0.2) is 31.9 Å². The maximum absolute atomic E-state index is 12.2. The Morgan fingerprint density at radius 3 is 2.86 bits per heavy atom. The fraction of sp³-hybridized carbons (Fsp3) is 0.333. The quantitative estimate of drug-likeness (QED) is 0.714. The molecule has 1 fully saturated rings. The molecule has 0 aliphatic carbocycles. The molecule has 1 aromatic carbocycles. The Morgan fingerprint density at radius 1 is 1.33 bits per heavy atom. The minimum Gasteiger partial charge on any atom is -0.408 e. The van der Waals surface area contributed by atoms with Crippen molar-refractivity contribution >= 4 is 27.0 Å². The summed E-state index contributed by atoms with van der Waals surface area (Å²) in [6.07, 6.45) is 1.01. The molecule has 2 aromatic rings. The number of sulfonamides is 1. The van der Waals surface area contributed by atoms with E-state index in [1.807, 2.05) is 0 Å². The van der Waals surface area contributed by atoms with Crippen molar-refractivity contribution in [3.05, 3.63) is 28.7 Å². The SMILES string of the molecule is O=C1CCC(CNS(=O)(=O)c2ccc3[nH]c(=O)oc3c2)N1. The van der Waals surface area contributed by atoms with E-state index in [0.717, 1.165) is 0 Å². The van der Waals surface area contributed by atoms with Crippen LogP contribution in [0.2, 0.25) is 0 Å². The Bertz CT molecular complexity index is 851. The molecule has 1 atom stereocenters. The molecule has 8 nitrogen and oxygen atoms in total. The van der Waals surface area contributed by atoms with Crippen LogP contribution in [0.25, 0.3) is 11.1 Å². The van der Waals surface area contributed by atoms with Gasteiger partial charge in [0.05, 0.1) is 10.4 Å². The lowest BCUT2D eigenvalue weighted by molar-refractivity contribution is -0.119. The molecule has 1 saturated heterocycles. The molecule has 21 heavy (non-hydrogen) atoms. The Labute approximate surface area is 119 Å². The van der Waals surface area contributed by atoms with Crippen molar-refractivity contribution in [2.45, 2.75) is 23.8 Å². The molecule has 0 bridgehead atoms. The number of benzene rings is 1. The lowest BCUT2D eigenvalue weighted by Crippen LogP contribution is -2.38. The molecule has 1 unspecified atom stereocenters. The molecule has 1 aromatic heterocycles. The van der Waals surface area contributed by atoms with Gasteiger partial charge < -0.3 is 9.73 Å². The lowest BCUT2D eigenvalue weighted by Gasteiger charge is -2.11. The summed E-state index contributed by atoms with van der Waals surface area (Å²) < 4.78 is 31.6. The first-order chi connectivity index (χ1) is 9.94. The van der Waals surface area contributed by atoms with Gasteiger partial charge in [-0.15, -0.1) is 0 Å². The molecule has 1 aliphatic heterocycles. The van der Waals surface area contributed by atoms with Crippen molar-refractivity contribution in [2.24, 2.45) is 0 Å². The average Bonchev–Trinajstić information content (AvgIpc) is 3.00. The third-order valence-corrected chi connectivity index (χ3v) is 4.73. The number of hydrogen-bond donors (Lipinski definition) is 3. The van der Waals surface area contributed by atoms with Gasteiger partial charge in [-0.3, -0.25) is 9.78 Å². The molecule has 9 heteroatoms. The van der Waals surface area contributed by atoms with Crippen molar-refractivity contribution < 1.29 is 17.6 Å². The first-order valence-electron chi connectivity index (χ1n) is 6.36. The second kappa shape index (κ2) is 5.01. The Balaban J connectivity index is 1.79. The van der Waals surface area contributed by atoms with Gasteiger partial charge in [-0.05, 0) is 18.6 Å². The maximum atomic E-state index is 12.2. The predicted octanol–water partition coefficient (Wildman–Crippen LogP) is -0.322. The number of aromatic nitrogens is 1. The highest BCUT2D eigenvalue weighted by atomic mass is 32.2. The lowest BCUT2D eigenvalue weighted by atomic mass is 10.2. The topological polar surface area (TPSA) is 121 Å². The first-order valence-corrected chi connectivity index (χ1v) is 7.84. The van der Waals surface area contributed by atoms with E-state index in [-0.39, 0.29) is 29.0 Å². The highest BCUT2D eigenvalue weighted by molar-refractivity contribution is 7.89. The first kappa shape index (κ1) is 13.8. The third kappa shape index (κ3) is 2.83. The monoisotopic (exact) mass is 311 g/mol. The van der Waals surface area contributed by atoms with Crippen LogP contribution in [0.1, 0.15) is 12.8 Å². The summed E-state index contributed by atoms with van der Waals surface area (Å²) in [4.78, 5) is 24.6. The second-order valence-electron chi connectivity index (χ2n) is 4.83. The van der Waals surface area contributed by atoms with Gasteiger partial charge in [0.1, 0.15) is 0 Å². The van der Waals surface area contributed by atoms with E-state index in [0.29, 0.717) is 18.4 Å². The highest BCUT2D eigenvalue weighted by Gasteiger charge is 2.23. The van der Waals surface area contributed by atoms with Crippen LogP contribution in [0, 0.1) is 0 Å². The van der Waals surface area contributed by atoms with Crippen molar-refractivity contribution in [2.75, 3.05) is 6.54 Å². The van der Waals surface area contributed by atoms with Crippen molar-refractivity contribution in [1.29, 1.82) is 0 Å². The Hall–Kier alpha value is -2.13. The summed E-state index contributed by atoms with van der Waals surface area (Å²) in [5.74, 6) is -0.712. The zero-order valence-electron chi connectivity index (χ0n) is 10.9. The van der Waals surface area contributed by atoms with Gasteiger partial charge in [-0.1, -0.05) is 0 Å². The minimum atomic E-state index is -3.72. The van der Waals surface area contributed by atoms with Crippen LogP contribution in [0.3, 0.4) is 0 Å². The van der Waals surface area contributed by atoms with Gasteiger partial charge in [-0.2, -0.15) is 0 Å². The second-order valence-corrected chi connectivity index (χ2v) is 6.59. The summed E-state index contributed by atoms with van der Waals surface area (Å²) in [5, 5.41) is 2.68. The largest absolute Gasteiger partial charge is 0.417 e. The molecule has 3 rings (SSSR count). The van der Waals surface area contributed by atoms with Crippen LogP contribution in [0.5, 0.6) is 0 Å². The number of aromatic amines is 1. The van der Waals surface area contributed by atoms with Gasteiger partial charge >= 0.3 is 5.76 Å². The summed E-state index contributed by atoms with van der Waals surface area (Å²) in [7, 11) is -3.72. The fourth-order valence-electron chi connectivity index (χ4n) is 2.22. The highest BCUT2D eigenvalue weighted by Crippen LogP contribution is 2.16. The van der Waals surface area contributed by atoms with E-state index in [4.69, 9.17) is 4.42 Å². The smallest absolute Gasteiger partial charge is 0.408 e. The number of carbonyl (C=O) groups is 1. The van der Waals surface area contributed by atoms with Gasteiger partial charge in [0.15, 0.2) is 5.58 Å². The summed E-state index contributed by atoms with van der Waals surface area (Å²) in [6.45, 7) is 0.128. The van der Waals surface area contributed by atoms with Gasteiger partial charge in [0.2, 0.25) is 15.9 Å². The van der Waals surface area contributed by atoms with Gasteiger partial charge in [-0.25, -0.2) is 17.9 Å². The third-order valence-electron chi connectivity index (χ3n) is 3.31. The molecule has 112 valence electrons. The standard InChI is InChI=1S/C12H13N3O5S/c16-11-4-1-7(14-11)6-13-21(18,19)8-2-3-9-10(5-8)20-12(17)15-9/h2-3,5,7,13H,1,4,6H2,(H,14,16)(H,15,17). The van der Waals surface area contributed by atoms with E-state index >= 15 is 0 Å². The van der Waals surface area contributed by atoms with E-state index in [2.05, 4.69) is 15.0 Å². The van der Waals surface area contributed by atoms with Crippen LogP contribution in [0.15, 0.2) is 32.3 Å². The van der Waals surface area contributed by atoms with Crippen LogP contribution < -0.4 is 15.8 Å². The molecular weight excluding hydrogens is 298 g/mol. The van der Waals surface area contributed by atoms with Gasteiger partial charge in [0.25, 0.3) is 0 Å². The Kier molecular flexibility index (Phi) is 3.30. The molecule has 1 aliphatic rings. The van der Waals surface area contributed by atoms with Crippen LogP contribution >= 0.6 is 0 Å². The zero-order valence-corrected chi connectivity index (χ0v) is 11.7. The summed E-state index contributed by atoms with van der Waals surface area (Å²) >= 11 is 0. The van der Waals surface area contributed by atoms with E-state index in [9.17, 15) is 18.0 Å². The Morgan fingerprint density at radius 2 is 2.14 bits per heavy atom. The van der Waals surface area contributed by atoms with Crippen LogP contribution in [0.4, 0.5) is 0 Å². The molecule has 2 heterocycles. The summed E-state index contributed by atoms with van der Waals surface area (Å²) in [5.41, 5.74) is 0.610.